The standard InChI is InChI=1S/C9H13BrO/c10-8-6-4-2-1-3-5-7-9-11/h9H,1-4,6,8H2. The maximum Gasteiger partial charge on any atom is 0.192 e. The molecule has 0 saturated carbocycles. The average molecular weight is 217 g/mol. The van der Waals surface area contributed by atoms with Crippen LogP contribution in [-0.4, -0.2) is 11.6 Å². The molecule has 0 atom stereocenters. The molecule has 0 fully saturated rings. The zero-order valence-electron chi connectivity index (χ0n) is 6.61. The van der Waals surface area contributed by atoms with E-state index in [1.165, 1.54) is 19.3 Å². The van der Waals surface area contributed by atoms with Crippen LogP contribution in [0.15, 0.2) is 0 Å². The zero-order valence-corrected chi connectivity index (χ0v) is 8.19. The van der Waals surface area contributed by atoms with Crippen molar-refractivity contribution in [2.45, 2.75) is 32.1 Å². The molecule has 11 heavy (non-hydrogen) atoms. The minimum absolute atomic E-state index is 0.651. The first-order valence-corrected chi connectivity index (χ1v) is 5.02. The summed E-state index contributed by atoms with van der Waals surface area (Å²) in [4.78, 5) is 9.76. The highest BCUT2D eigenvalue weighted by Crippen LogP contribution is 2.03. The van der Waals surface area contributed by atoms with Crippen molar-refractivity contribution in [1.29, 1.82) is 0 Å². The van der Waals surface area contributed by atoms with Gasteiger partial charge in [-0.3, -0.25) is 4.79 Å². The van der Waals surface area contributed by atoms with Crippen LogP contribution in [0, 0.1) is 11.8 Å². The first-order valence-electron chi connectivity index (χ1n) is 3.90. The molecule has 0 amide bonds. The van der Waals surface area contributed by atoms with Crippen molar-refractivity contribution in [2.24, 2.45) is 0 Å². The van der Waals surface area contributed by atoms with E-state index in [4.69, 9.17) is 0 Å². The topological polar surface area (TPSA) is 17.1 Å². The maximum atomic E-state index is 9.76. The van der Waals surface area contributed by atoms with Crippen molar-refractivity contribution in [1.82, 2.24) is 0 Å². The Morgan fingerprint density at radius 1 is 1.18 bits per heavy atom. The SMILES string of the molecule is O=CC#CCCCCCCBr. The second-order valence-electron chi connectivity index (χ2n) is 2.29. The Kier molecular flexibility index (Phi) is 9.45. The number of carbonyl (C=O) groups is 1. The minimum Gasteiger partial charge on any atom is -0.289 e. The quantitative estimate of drug-likeness (QED) is 0.299. The molecule has 2 heteroatoms. The van der Waals surface area contributed by atoms with Gasteiger partial charge in [0.05, 0.1) is 0 Å². The molecule has 0 aliphatic rings. The van der Waals surface area contributed by atoms with Gasteiger partial charge in [-0.2, -0.15) is 0 Å². The molecule has 0 aliphatic carbocycles. The molecular weight excluding hydrogens is 204 g/mol. The number of alkyl halides is 1. The third-order valence-electron chi connectivity index (χ3n) is 1.35. The Labute approximate surface area is 76.7 Å². The molecule has 0 radical (unpaired) electrons. The number of rotatable bonds is 5. The molecule has 0 aliphatic heterocycles. The smallest absolute Gasteiger partial charge is 0.192 e. The Morgan fingerprint density at radius 3 is 2.55 bits per heavy atom. The van der Waals surface area contributed by atoms with Crippen molar-refractivity contribution in [3.8, 4) is 11.8 Å². The summed E-state index contributed by atoms with van der Waals surface area (Å²) in [5, 5.41) is 1.09. The minimum atomic E-state index is 0.651. The number of hydrogen-bond donors (Lipinski definition) is 0. The fraction of sp³-hybridized carbons (Fsp3) is 0.667. The first-order chi connectivity index (χ1) is 5.41. The highest BCUT2D eigenvalue weighted by molar-refractivity contribution is 9.09. The average Bonchev–Trinajstić information content (AvgIpc) is 2.03. The van der Waals surface area contributed by atoms with Crippen molar-refractivity contribution in [3.05, 3.63) is 0 Å². The summed E-state index contributed by atoms with van der Waals surface area (Å²) in [7, 11) is 0. The number of aldehydes is 1. The van der Waals surface area contributed by atoms with Crippen molar-refractivity contribution >= 4 is 22.2 Å². The van der Waals surface area contributed by atoms with Gasteiger partial charge in [0.1, 0.15) is 0 Å². The van der Waals surface area contributed by atoms with Gasteiger partial charge in [-0.15, -0.1) is 0 Å². The van der Waals surface area contributed by atoms with Crippen LogP contribution in [0.4, 0.5) is 0 Å². The van der Waals surface area contributed by atoms with Crippen LogP contribution in [0.5, 0.6) is 0 Å². The summed E-state index contributed by atoms with van der Waals surface area (Å²) in [5.41, 5.74) is 0. The lowest BCUT2D eigenvalue weighted by Crippen LogP contribution is -1.77. The molecule has 0 spiro atoms. The third-order valence-corrected chi connectivity index (χ3v) is 1.91. The number of carbonyl (C=O) groups excluding carboxylic acids is 1. The monoisotopic (exact) mass is 216 g/mol. The van der Waals surface area contributed by atoms with Gasteiger partial charge in [0, 0.05) is 11.8 Å². The number of unbranched alkanes of at least 4 members (excludes halogenated alkanes) is 4. The van der Waals surface area contributed by atoms with Gasteiger partial charge < -0.3 is 0 Å². The van der Waals surface area contributed by atoms with Crippen LogP contribution in [0.3, 0.4) is 0 Å². The van der Waals surface area contributed by atoms with Crippen molar-refractivity contribution in [2.75, 3.05) is 5.33 Å². The van der Waals surface area contributed by atoms with E-state index in [0.29, 0.717) is 6.29 Å². The number of halogens is 1. The zero-order chi connectivity index (χ0) is 8.36. The van der Waals surface area contributed by atoms with Gasteiger partial charge in [-0.1, -0.05) is 34.7 Å². The van der Waals surface area contributed by atoms with Gasteiger partial charge >= 0.3 is 0 Å². The molecule has 0 aromatic rings. The molecule has 1 nitrogen and oxygen atoms in total. The third kappa shape index (κ3) is 9.71. The van der Waals surface area contributed by atoms with Gasteiger partial charge in [0.15, 0.2) is 6.29 Å². The van der Waals surface area contributed by atoms with Crippen LogP contribution >= 0.6 is 15.9 Å². The van der Waals surface area contributed by atoms with E-state index in [1.54, 1.807) is 0 Å². The summed E-state index contributed by atoms with van der Waals surface area (Å²) < 4.78 is 0. The Balaban J connectivity index is 2.96. The lowest BCUT2D eigenvalue weighted by atomic mass is 10.2. The van der Waals surface area contributed by atoms with E-state index >= 15 is 0 Å². The fourth-order valence-corrected chi connectivity index (χ4v) is 1.17. The van der Waals surface area contributed by atoms with E-state index in [1.807, 2.05) is 0 Å². The first kappa shape index (κ1) is 10.7. The molecule has 0 unspecified atom stereocenters. The van der Waals surface area contributed by atoms with Crippen LogP contribution in [0.1, 0.15) is 32.1 Å². The highest BCUT2D eigenvalue weighted by Gasteiger charge is 1.85. The lowest BCUT2D eigenvalue weighted by Gasteiger charge is -1.93. The Bertz CT molecular complexity index is 143. The van der Waals surface area contributed by atoms with E-state index in [9.17, 15) is 4.79 Å². The van der Waals surface area contributed by atoms with Crippen LogP contribution in [0.2, 0.25) is 0 Å². The highest BCUT2D eigenvalue weighted by atomic mass is 79.9. The van der Waals surface area contributed by atoms with Gasteiger partial charge in [-0.05, 0) is 18.8 Å². The molecule has 62 valence electrons. The van der Waals surface area contributed by atoms with Gasteiger partial charge in [0.25, 0.3) is 0 Å². The molecule has 0 heterocycles. The van der Waals surface area contributed by atoms with Gasteiger partial charge in [0.2, 0.25) is 0 Å². The fourth-order valence-electron chi connectivity index (χ4n) is 0.775. The molecule has 0 bridgehead atoms. The van der Waals surface area contributed by atoms with Crippen molar-refractivity contribution < 1.29 is 4.79 Å². The summed E-state index contributed by atoms with van der Waals surface area (Å²) in [6, 6.07) is 0. The predicted octanol–water partition coefficient (Wildman–Crippen LogP) is 2.53. The summed E-state index contributed by atoms with van der Waals surface area (Å²) in [5.74, 6) is 5.18. The molecular formula is C9H13BrO. The van der Waals surface area contributed by atoms with Crippen molar-refractivity contribution in [3.63, 3.8) is 0 Å². The Morgan fingerprint density at radius 2 is 1.91 bits per heavy atom. The van der Waals surface area contributed by atoms with E-state index in [0.717, 1.165) is 18.2 Å². The van der Waals surface area contributed by atoms with E-state index < -0.39 is 0 Å². The van der Waals surface area contributed by atoms with Gasteiger partial charge in [-0.25, -0.2) is 0 Å². The molecule has 0 saturated heterocycles. The van der Waals surface area contributed by atoms with Crippen LogP contribution < -0.4 is 0 Å². The van der Waals surface area contributed by atoms with Crippen LogP contribution in [-0.2, 0) is 4.79 Å². The lowest BCUT2D eigenvalue weighted by molar-refractivity contribution is -0.103. The molecule has 0 aromatic heterocycles. The second-order valence-corrected chi connectivity index (χ2v) is 3.09. The van der Waals surface area contributed by atoms with E-state index in [-0.39, 0.29) is 0 Å². The molecule has 0 aromatic carbocycles. The normalized spacial score (nSPS) is 8.45. The largest absolute Gasteiger partial charge is 0.289 e. The Hall–Kier alpha value is -0.290. The summed E-state index contributed by atoms with van der Waals surface area (Å²) in [6.45, 7) is 0. The predicted molar refractivity (Wildman–Crippen MR) is 50.7 cm³/mol. The number of hydrogen-bond acceptors (Lipinski definition) is 1. The molecule has 0 N–H and O–H groups in total. The second kappa shape index (κ2) is 9.71. The van der Waals surface area contributed by atoms with Crippen LogP contribution in [0.25, 0.3) is 0 Å². The molecule has 0 rings (SSSR count). The summed E-state index contributed by atoms with van der Waals surface area (Å²) in [6.07, 6.45) is 6.35. The maximum absolute atomic E-state index is 9.76. The van der Waals surface area contributed by atoms with E-state index in [2.05, 4.69) is 27.8 Å². The summed E-state index contributed by atoms with van der Waals surface area (Å²) >= 11 is 3.37.